The average molecular weight is 577 g/mol. The van der Waals surface area contributed by atoms with Gasteiger partial charge in [0, 0.05) is 21.6 Å². The summed E-state index contributed by atoms with van der Waals surface area (Å²) in [5, 5.41) is 2.86. The molecule has 5 rings (SSSR count). The van der Waals surface area contributed by atoms with E-state index in [1.165, 1.54) is 12.1 Å². The van der Waals surface area contributed by atoms with Gasteiger partial charge in [-0.25, -0.2) is 4.79 Å². The zero-order valence-corrected chi connectivity index (χ0v) is 20.4. The number of fused-ring (bicyclic) bond motifs is 1. The maximum Gasteiger partial charge on any atom is 0.338 e. The molecular formula is C24H19Br2NO6. The van der Waals surface area contributed by atoms with Gasteiger partial charge < -0.3 is 14.8 Å². The first-order valence-corrected chi connectivity index (χ1v) is 12.3. The largest absolute Gasteiger partial charge is 0.461 e. The first kappa shape index (κ1) is 22.3. The standard InChI is InChI=1S/C24H19Br2NO6/c25-13-5-1-11(2-6-13)17(28)10-32-23(30)12-3-7-14(8-4-12)27-22(29)18-15-9-16-19(18)24(31)33-21(16)20(15)26/h1-8,15-16,18-21H,9-10H2,(H,27,29)/t15-,16-,18-,19-,20+,21+/m1/s1. The van der Waals surface area contributed by atoms with Crippen LogP contribution in [0.15, 0.2) is 53.0 Å². The summed E-state index contributed by atoms with van der Waals surface area (Å²) < 4.78 is 11.4. The van der Waals surface area contributed by atoms with Gasteiger partial charge in [0.05, 0.1) is 22.2 Å². The summed E-state index contributed by atoms with van der Waals surface area (Å²) in [6, 6.07) is 13.0. The lowest BCUT2D eigenvalue weighted by Gasteiger charge is -2.27. The molecule has 3 aliphatic rings. The van der Waals surface area contributed by atoms with Crippen LogP contribution in [0.3, 0.4) is 0 Å². The minimum absolute atomic E-state index is 0.00165. The number of carbonyl (C=O) groups excluding carboxylic acids is 4. The summed E-state index contributed by atoms with van der Waals surface area (Å²) in [5.41, 5.74) is 1.23. The smallest absolute Gasteiger partial charge is 0.338 e. The molecule has 0 aromatic heterocycles. The number of anilines is 1. The summed E-state index contributed by atoms with van der Waals surface area (Å²) >= 11 is 6.91. The van der Waals surface area contributed by atoms with Crippen molar-refractivity contribution in [1.82, 2.24) is 0 Å². The second-order valence-corrected chi connectivity index (χ2v) is 10.5. The molecule has 1 heterocycles. The molecule has 9 heteroatoms. The van der Waals surface area contributed by atoms with Crippen LogP contribution < -0.4 is 5.32 Å². The van der Waals surface area contributed by atoms with E-state index in [0.717, 1.165) is 10.9 Å². The summed E-state index contributed by atoms with van der Waals surface area (Å²) in [6.45, 7) is -0.366. The van der Waals surface area contributed by atoms with Gasteiger partial charge in [-0.3, -0.25) is 14.4 Å². The van der Waals surface area contributed by atoms with E-state index in [-0.39, 0.29) is 58.5 Å². The maximum atomic E-state index is 13.0. The molecule has 1 amide bonds. The topological polar surface area (TPSA) is 98.8 Å². The van der Waals surface area contributed by atoms with Crippen LogP contribution >= 0.6 is 31.9 Å². The third-order valence-electron chi connectivity index (χ3n) is 6.71. The molecule has 0 spiro atoms. The number of carbonyl (C=O) groups is 4. The molecule has 0 unspecified atom stereocenters. The molecule has 1 aliphatic heterocycles. The van der Waals surface area contributed by atoms with Gasteiger partial charge in [-0.15, -0.1) is 0 Å². The zero-order valence-electron chi connectivity index (χ0n) is 17.2. The highest BCUT2D eigenvalue weighted by Gasteiger charge is 2.67. The van der Waals surface area contributed by atoms with Crippen LogP contribution in [0.4, 0.5) is 5.69 Å². The van der Waals surface area contributed by atoms with Crippen molar-refractivity contribution >= 4 is 61.2 Å². The van der Waals surface area contributed by atoms with Gasteiger partial charge in [0.25, 0.3) is 0 Å². The lowest BCUT2D eigenvalue weighted by atomic mass is 9.79. The highest BCUT2D eigenvalue weighted by Crippen LogP contribution is 2.60. The molecule has 170 valence electrons. The Morgan fingerprint density at radius 2 is 1.67 bits per heavy atom. The summed E-state index contributed by atoms with van der Waals surface area (Å²) in [5.74, 6) is -2.09. The number of nitrogens with one attached hydrogen (secondary N) is 1. The number of alkyl halides is 1. The summed E-state index contributed by atoms with van der Waals surface area (Å²) in [6.07, 6.45) is 0.677. The van der Waals surface area contributed by atoms with Gasteiger partial charge in [-0.1, -0.05) is 44.0 Å². The zero-order chi connectivity index (χ0) is 23.3. The quantitative estimate of drug-likeness (QED) is 0.317. The van der Waals surface area contributed by atoms with Gasteiger partial charge in [-0.05, 0) is 48.7 Å². The highest BCUT2D eigenvalue weighted by atomic mass is 79.9. The fourth-order valence-corrected chi connectivity index (χ4v) is 6.49. The molecule has 1 N–H and O–H groups in total. The van der Waals surface area contributed by atoms with Crippen LogP contribution in [-0.2, 0) is 19.1 Å². The van der Waals surface area contributed by atoms with Crippen LogP contribution in [0, 0.1) is 23.7 Å². The Balaban J connectivity index is 1.18. The van der Waals surface area contributed by atoms with Crippen LogP contribution in [0.1, 0.15) is 27.1 Å². The Labute approximate surface area is 206 Å². The third kappa shape index (κ3) is 4.01. The molecule has 0 radical (unpaired) electrons. The van der Waals surface area contributed by atoms with E-state index in [4.69, 9.17) is 9.47 Å². The number of rotatable bonds is 6. The van der Waals surface area contributed by atoms with E-state index < -0.39 is 11.9 Å². The lowest BCUT2D eigenvalue weighted by Crippen LogP contribution is -2.40. The molecule has 33 heavy (non-hydrogen) atoms. The van der Waals surface area contributed by atoms with E-state index in [9.17, 15) is 19.2 Å². The number of ether oxygens (including phenoxy) is 2. The Bertz CT molecular complexity index is 1130. The van der Waals surface area contributed by atoms with Crippen LogP contribution in [0.5, 0.6) is 0 Å². The van der Waals surface area contributed by atoms with Crippen molar-refractivity contribution in [2.45, 2.75) is 17.4 Å². The predicted octanol–water partition coefficient (Wildman–Crippen LogP) is 4.00. The third-order valence-corrected chi connectivity index (χ3v) is 8.44. The summed E-state index contributed by atoms with van der Waals surface area (Å²) in [7, 11) is 0. The average Bonchev–Trinajstić information content (AvgIpc) is 3.42. The van der Waals surface area contributed by atoms with E-state index in [1.54, 1.807) is 36.4 Å². The number of Topliss-reactive ketones (excluding diaryl/α,β-unsaturated/α-hetero) is 1. The first-order valence-electron chi connectivity index (χ1n) is 10.5. The number of amides is 1. The lowest BCUT2D eigenvalue weighted by molar-refractivity contribution is -0.145. The highest BCUT2D eigenvalue weighted by molar-refractivity contribution is 9.10. The molecule has 7 nitrogen and oxygen atoms in total. The van der Waals surface area contributed by atoms with Gasteiger partial charge in [0.1, 0.15) is 6.10 Å². The monoisotopic (exact) mass is 575 g/mol. The maximum absolute atomic E-state index is 13.0. The second kappa shape index (κ2) is 8.68. The van der Waals surface area contributed by atoms with Crippen molar-refractivity contribution in [2.75, 3.05) is 11.9 Å². The molecule has 6 atom stereocenters. The van der Waals surface area contributed by atoms with E-state index in [2.05, 4.69) is 37.2 Å². The number of hydrogen-bond donors (Lipinski definition) is 1. The molecule has 2 saturated carbocycles. The molecule has 2 aliphatic carbocycles. The van der Waals surface area contributed by atoms with Crippen molar-refractivity contribution in [3.8, 4) is 0 Å². The summed E-state index contributed by atoms with van der Waals surface area (Å²) in [4.78, 5) is 49.7. The number of benzene rings is 2. The number of halogens is 2. The van der Waals surface area contributed by atoms with Gasteiger partial charge >= 0.3 is 11.9 Å². The van der Waals surface area contributed by atoms with Crippen molar-refractivity contribution in [3.05, 3.63) is 64.1 Å². The van der Waals surface area contributed by atoms with E-state index in [1.807, 2.05) is 0 Å². The first-order chi connectivity index (χ1) is 15.8. The van der Waals surface area contributed by atoms with Crippen LogP contribution in [-0.4, -0.2) is 41.2 Å². The predicted molar refractivity (Wildman–Crippen MR) is 125 cm³/mol. The fourth-order valence-electron chi connectivity index (χ4n) is 5.18. The van der Waals surface area contributed by atoms with Crippen molar-refractivity contribution in [1.29, 1.82) is 0 Å². The molecular weight excluding hydrogens is 558 g/mol. The normalized spacial score (nSPS) is 29.0. The Kier molecular flexibility index (Phi) is 5.86. The second-order valence-electron chi connectivity index (χ2n) is 8.53. The van der Waals surface area contributed by atoms with Gasteiger partial charge in [-0.2, -0.15) is 0 Å². The van der Waals surface area contributed by atoms with Gasteiger partial charge in [0.15, 0.2) is 12.4 Å². The molecule has 3 fully saturated rings. The Morgan fingerprint density at radius 1 is 1.00 bits per heavy atom. The minimum Gasteiger partial charge on any atom is -0.461 e. The van der Waals surface area contributed by atoms with E-state index >= 15 is 0 Å². The molecule has 1 saturated heterocycles. The van der Waals surface area contributed by atoms with Crippen LogP contribution in [0.25, 0.3) is 0 Å². The Morgan fingerprint density at radius 3 is 2.36 bits per heavy atom. The minimum atomic E-state index is -0.631. The fraction of sp³-hybridized carbons (Fsp3) is 0.333. The number of hydrogen-bond acceptors (Lipinski definition) is 6. The van der Waals surface area contributed by atoms with Crippen LogP contribution in [0.2, 0.25) is 0 Å². The Hall–Kier alpha value is -2.52. The van der Waals surface area contributed by atoms with E-state index in [0.29, 0.717) is 11.3 Å². The van der Waals surface area contributed by atoms with Crippen molar-refractivity contribution in [3.63, 3.8) is 0 Å². The molecule has 2 bridgehead atoms. The number of ketones is 1. The van der Waals surface area contributed by atoms with Gasteiger partial charge in [0.2, 0.25) is 5.91 Å². The molecule has 2 aromatic rings. The van der Waals surface area contributed by atoms with Crippen molar-refractivity contribution < 1.29 is 28.7 Å². The number of esters is 2. The SMILES string of the molecule is O=C(COC(=O)c1ccc(NC(=O)[C@@H]2[C@H]3C[C@H]4[C@H](OC(=O)[C@H]42)[C@H]3Br)cc1)c1ccc(Br)cc1. The van der Waals surface area contributed by atoms with Crippen molar-refractivity contribution in [2.24, 2.45) is 23.7 Å². The molecule has 2 aromatic carbocycles.